The molecule has 0 bridgehead atoms. The Hall–Kier alpha value is -0.990. The monoisotopic (exact) mass is 263 g/mol. The van der Waals surface area contributed by atoms with Crippen molar-refractivity contribution in [2.75, 3.05) is 11.9 Å². The molecule has 0 atom stereocenters. The molecule has 1 saturated carbocycles. The molecule has 3 nitrogen and oxygen atoms in total. The maximum atomic E-state index is 4.61. The van der Waals surface area contributed by atoms with Crippen LogP contribution in [0.4, 0.5) is 5.95 Å². The number of unbranched alkanes of at least 4 members (excludes halogenated alkanes) is 1. The van der Waals surface area contributed by atoms with E-state index in [2.05, 4.69) is 62.6 Å². The van der Waals surface area contributed by atoms with Gasteiger partial charge >= 0.3 is 0 Å². The lowest BCUT2D eigenvalue weighted by Gasteiger charge is -2.10. The SMILES string of the molecule is CCCCNc1nc(C)cn1CC1C(C)(C)C1(C)C. The van der Waals surface area contributed by atoms with Crippen molar-refractivity contribution in [1.29, 1.82) is 0 Å². The van der Waals surface area contributed by atoms with E-state index in [0.717, 1.165) is 30.6 Å². The van der Waals surface area contributed by atoms with Crippen molar-refractivity contribution >= 4 is 5.95 Å². The van der Waals surface area contributed by atoms with E-state index in [1.807, 2.05) is 0 Å². The lowest BCUT2D eigenvalue weighted by atomic mass is 10.0. The second-order valence-corrected chi connectivity index (χ2v) is 7.13. The van der Waals surface area contributed by atoms with E-state index in [9.17, 15) is 0 Å². The first-order chi connectivity index (χ1) is 8.80. The van der Waals surface area contributed by atoms with Gasteiger partial charge in [-0.1, -0.05) is 41.0 Å². The smallest absolute Gasteiger partial charge is 0.203 e. The lowest BCUT2D eigenvalue weighted by Crippen LogP contribution is -2.11. The minimum Gasteiger partial charge on any atom is -0.356 e. The maximum Gasteiger partial charge on any atom is 0.203 e. The molecule has 0 aromatic carbocycles. The number of hydrogen-bond acceptors (Lipinski definition) is 2. The molecule has 0 spiro atoms. The van der Waals surface area contributed by atoms with E-state index >= 15 is 0 Å². The number of anilines is 1. The van der Waals surface area contributed by atoms with Gasteiger partial charge in [-0.2, -0.15) is 0 Å². The van der Waals surface area contributed by atoms with Crippen molar-refractivity contribution in [2.24, 2.45) is 16.7 Å². The summed E-state index contributed by atoms with van der Waals surface area (Å²) in [5, 5.41) is 3.47. The van der Waals surface area contributed by atoms with Gasteiger partial charge in [0.1, 0.15) is 0 Å². The van der Waals surface area contributed by atoms with E-state index in [1.165, 1.54) is 12.8 Å². The first-order valence-corrected chi connectivity index (χ1v) is 7.58. The van der Waals surface area contributed by atoms with Crippen LogP contribution < -0.4 is 5.32 Å². The summed E-state index contributed by atoms with van der Waals surface area (Å²) in [7, 11) is 0. The standard InChI is InChI=1S/C16H29N3/c1-7-8-9-17-14-18-12(2)10-19(14)11-13-15(3,4)16(13,5)6/h10,13H,7-9,11H2,1-6H3,(H,17,18). The molecule has 0 saturated heterocycles. The van der Waals surface area contributed by atoms with E-state index in [-0.39, 0.29) is 0 Å². The van der Waals surface area contributed by atoms with Crippen LogP contribution in [-0.2, 0) is 6.54 Å². The Morgan fingerprint density at radius 2 is 1.89 bits per heavy atom. The Bertz CT molecular complexity index is 429. The molecule has 3 heteroatoms. The largest absolute Gasteiger partial charge is 0.356 e. The van der Waals surface area contributed by atoms with Crippen LogP contribution in [0.5, 0.6) is 0 Å². The van der Waals surface area contributed by atoms with Crippen molar-refractivity contribution in [3.05, 3.63) is 11.9 Å². The zero-order chi connectivity index (χ0) is 14.3. The number of aromatic nitrogens is 2. The molecule has 0 radical (unpaired) electrons. The van der Waals surface area contributed by atoms with Gasteiger partial charge in [-0.05, 0) is 30.1 Å². The number of rotatable bonds is 6. The van der Waals surface area contributed by atoms with Gasteiger partial charge in [0.05, 0.1) is 5.69 Å². The van der Waals surface area contributed by atoms with E-state index in [4.69, 9.17) is 0 Å². The third-order valence-electron chi connectivity index (χ3n) is 5.41. The summed E-state index contributed by atoms with van der Waals surface area (Å²) in [6.07, 6.45) is 4.60. The summed E-state index contributed by atoms with van der Waals surface area (Å²) in [6, 6.07) is 0. The Balaban J connectivity index is 2.05. The van der Waals surface area contributed by atoms with Crippen LogP contribution in [0.3, 0.4) is 0 Å². The second-order valence-electron chi connectivity index (χ2n) is 7.13. The molecule has 1 N–H and O–H groups in total. The van der Waals surface area contributed by atoms with Crippen LogP contribution >= 0.6 is 0 Å². The highest BCUT2D eigenvalue weighted by molar-refractivity contribution is 5.29. The van der Waals surface area contributed by atoms with Gasteiger partial charge < -0.3 is 9.88 Å². The Morgan fingerprint density at radius 1 is 1.26 bits per heavy atom. The predicted octanol–water partition coefficient (Wildman–Crippen LogP) is 4.09. The molecule has 1 heterocycles. The van der Waals surface area contributed by atoms with Crippen LogP contribution in [-0.4, -0.2) is 16.1 Å². The van der Waals surface area contributed by atoms with Crippen LogP contribution in [0.15, 0.2) is 6.20 Å². The average Bonchev–Trinajstić information content (AvgIpc) is 2.61. The van der Waals surface area contributed by atoms with Gasteiger partial charge in [-0.15, -0.1) is 0 Å². The highest BCUT2D eigenvalue weighted by Gasteiger charge is 2.64. The second kappa shape index (κ2) is 4.84. The molecule has 1 aromatic rings. The zero-order valence-corrected chi connectivity index (χ0v) is 13.4. The van der Waals surface area contributed by atoms with Gasteiger partial charge in [0.2, 0.25) is 5.95 Å². The summed E-state index contributed by atoms with van der Waals surface area (Å²) >= 11 is 0. The molecule has 0 unspecified atom stereocenters. The van der Waals surface area contributed by atoms with Gasteiger partial charge in [-0.25, -0.2) is 4.98 Å². The average molecular weight is 263 g/mol. The van der Waals surface area contributed by atoms with Crippen LogP contribution in [0, 0.1) is 23.7 Å². The Labute approximate surface area is 117 Å². The van der Waals surface area contributed by atoms with Gasteiger partial charge in [0.25, 0.3) is 0 Å². The van der Waals surface area contributed by atoms with Crippen molar-refractivity contribution < 1.29 is 0 Å². The molecule has 1 aliphatic rings. The molecule has 1 aliphatic carbocycles. The number of imidazole rings is 1. The fourth-order valence-corrected chi connectivity index (χ4v) is 3.19. The summed E-state index contributed by atoms with van der Waals surface area (Å²) < 4.78 is 2.31. The Morgan fingerprint density at radius 3 is 2.42 bits per heavy atom. The molecule has 1 aromatic heterocycles. The Kier molecular flexibility index (Phi) is 3.67. The minimum atomic E-state index is 0.436. The maximum absolute atomic E-state index is 4.61. The van der Waals surface area contributed by atoms with Gasteiger partial charge in [-0.3, -0.25) is 0 Å². The highest BCUT2D eigenvalue weighted by atomic mass is 15.2. The quantitative estimate of drug-likeness (QED) is 0.784. The summed E-state index contributed by atoms with van der Waals surface area (Å²) in [6.45, 7) is 15.9. The molecule has 0 amide bonds. The topological polar surface area (TPSA) is 29.9 Å². The minimum absolute atomic E-state index is 0.436. The normalized spacial score (nSPS) is 20.5. The first-order valence-electron chi connectivity index (χ1n) is 7.58. The van der Waals surface area contributed by atoms with Crippen LogP contribution in [0.1, 0.15) is 53.2 Å². The third kappa shape index (κ3) is 2.52. The number of nitrogens with zero attached hydrogens (tertiary/aromatic N) is 2. The van der Waals surface area contributed by atoms with Crippen molar-refractivity contribution in [3.8, 4) is 0 Å². The highest BCUT2D eigenvalue weighted by Crippen LogP contribution is 2.68. The molecular formula is C16H29N3. The summed E-state index contributed by atoms with van der Waals surface area (Å²) in [5.74, 6) is 1.78. The summed E-state index contributed by atoms with van der Waals surface area (Å²) in [4.78, 5) is 4.61. The fourth-order valence-electron chi connectivity index (χ4n) is 3.19. The van der Waals surface area contributed by atoms with Crippen LogP contribution in [0.25, 0.3) is 0 Å². The molecule has 0 aliphatic heterocycles. The number of hydrogen-bond donors (Lipinski definition) is 1. The predicted molar refractivity (Wildman–Crippen MR) is 81.4 cm³/mol. The molecule has 108 valence electrons. The lowest BCUT2D eigenvalue weighted by molar-refractivity contribution is 0.457. The number of aryl methyl sites for hydroxylation is 1. The molecule has 19 heavy (non-hydrogen) atoms. The molecule has 1 fully saturated rings. The van der Waals surface area contributed by atoms with Crippen LogP contribution in [0.2, 0.25) is 0 Å². The molecular weight excluding hydrogens is 234 g/mol. The zero-order valence-electron chi connectivity index (χ0n) is 13.4. The van der Waals surface area contributed by atoms with E-state index < -0.39 is 0 Å². The van der Waals surface area contributed by atoms with Gasteiger partial charge in [0.15, 0.2) is 0 Å². The fraction of sp³-hybridized carbons (Fsp3) is 0.812. The first kappa shape index (κ1) is 14.4. The van der Waals surface area contributed by atoms with E-state index in [0.29, 0.717) is 10.8 Å². The van der Waals surface area contributed by atoms with E-state index in [1.54, 1.807) is 0 Å². The van der Waals surface area contributed by atoms with Crippen molar-refractivity contribution in [2.45, 2.75) is 60.9 Å². The van der Waals surface area contributed by atoms with Gasteiger partial charge in [0, 0.05) is 19.3 Å². The number of nitrogens with one attached hydrogen (secondary N) is 1. The summed E-state index contributed by atoms with van der Waals surface area (Å²) in [5.41, 5.74) is 1.98. The molecule has 2 rings (SSSR count). The van der Waals surface area contributed by atoms with Crippen molar-refractivity contribution in [1.82, 2.24) is 9.55 Å². The third-order valence-corrected chi connectivity index (χ3v) is 5.41. The van der Waals surface area contributed by atoms with Crippen molar-refractivity contribution in [3.63, 3.8) is 0 Å².